The Morgan fingerprint density at radius 1 is 1.25 bits per heavy atom. The van der Waals surface area contributed by atoms with Crippen LogP contribution < -0.4 is 0 Å². The van der Waals surface area contributed by atoms with Crippen LogP contribution in [0.1, 0.15) is 17.2 Å². The topological polar surface area (TPSA) is 64.2 Å². The number of nitriles is 1. The van der Waals surface area contributed by atoms with Crippen molar-refractivity contribution in [3.63, 3.8) is 0 Å². The predicted octanol–water partition coefficient (Wildman–Crippen LogP) is 1.62. The average molecular weight is 231 g/mol. The minimum absolute atomic E-state index is 0.149. The highest BCUT2D eigenvalue weighted by atomic mass is 19.4. The Kier molecular flexibility index (Phi) is 3.52. The average Bonchev–Trinajstić information content (AvgIpc) is 2.26. The molecular formula is C10H8F3NO2. The van der Waals surface area contributed by atoms with Crippen LogP contribution in [0.2, 0.25) is 0 Å². The van der Waals surface area contributed by atoms with Crippen molar-refractivity contribution in [2.75, 3.05) is 0 Å². The molecule has 0 aromatic heterocycles. The largest absolute Gasteiger partial charge is 0.416 e. The predicted molar refractivity (Wildman–Crippen MR) is 48.0 cm³/mol. The summed E-state index contributed by atoms with van der Waals surface area (Å²) in [4.78, 5) is 0. The van der Waals surface area contributed by atoms with Gasteiger partial charge in [-0.2, -0.15) is 18.4 Å². The van der Waals surface area contributed by atoms with Crippen LogP contribution in [0.25, 0.3) is 0 Å². The Balaban J connectivity index is 3.05. The van der Waals surface area contributed by atoms with E-state index in [1.54, 1.807) is 0 Å². The highest BCUT2D eigenvalue weighted by Gasteiger charge is 2.31. The van der Waals surface area contributed by atoms with Gasteiger partial charge in [0.25, 0.3) is 0 Å². The molecule has 86 valence electrons. The van der Waals surface area contributed by atoms with Crippen LogP contribution in [-0.2, 0) is 6.18 Å². The van der Waals surface area contributed by atoms with Crippen LogP contribution in [0.4, 0.5) is 13.2 Å². The zero-order valence-corrected chi connectivity index (χ0v) is 7.94. The van der Waals surface area contributed by atoms with Gasteiger partial charge >= 0.3 is 6.18 Å². The molecule has 0 spiro atoms. The van der Waals surface area contributed by atoms with E-state index in [0.717, 1.165) is 12.1 Å². The van der Waals surface area contributed by atoms with E-state index < -0.39 is 23.9 Å². The lowest BCUT2D eigenvalue weighted by molar-refractivity contribution is -0.137. The Bertz CT molecular complexity index is 411. The Morgan fingerprint density at radius 2 is 1.88 bits per heavy atom. The van der Waals surface area contributed by atoms with E-state index in [1.807, 2.05) is 0 Å². The monoisotopic (exact) mass is 231 g/mol. The van der Waals surface area contributed by atoms with Crippen LogP contribution in [0.15, 0.2) is 24.3 Å². The normalized spacial score (nSPS) is 15.2. The van der Waals surface area contributed by atoms with Crippen LogP contribution in [0.3, 0.4) is 0 Å². The van der Waals surface area contributed by atoms with Gasteiger partial charge < -0.3 is 10.2 Å². The first-order chi connectivity index (χ1) is 7.36. The molecule has 0 bridgehead atoms. The molecule has 16 heavy (non-hydrogen) atoms. The number of hydrogen-bond acceptors (Lipinski definition) is 3. The first kappa shape index (κ1) is 12.5. The lowest BCUT2D eigenvalue weighted by Gasteiger charge is -2.14. The molecule has 2 atom stereocenters. The maximum Gasteiger partial charge on any atom is 0.416 e. The number of rotatable bonds is 2. The van der Waals surface area contributed by atoms with E-state index in [0.29, 0.717) is 6.07 Å². The number of aliphatic hydroxyl groups excluding tert-OH is 2. The number of benzene rings is 1. The summed E-state index contributed by atoms with van der Waals surface area (Å²) in [5, 5.41) is 26.6. The molecule has 0 heterocycles. The van der Waals surface area contributed by atoms with Crippen molar-refractivity contribution in [3.8, 4) is 6.07 Å². The highest BCUT2D eigenvalue weighted by Crippen LogP contribution is 2.31. The van der Waals surface area contributed by atoms with Gasteiger partial charge in [-0.3, -0.25) is 0 Å². The number of hydrogen-bond donors (Lipinski definition) is 2. The number of halogens is 3. The molecule has 0 aliphatic heterocycles. The van der Waals surface area contributed by atoms with Crippen LogP contribution in [0.5, 0.6) is 0 Å². The van der Waals surface area contributed by atoms with E-state index in [1.165, 1.54) is 12.1 Å². The van der Waals surface area contributed by atoms with E-state index in [2.05, 4.69) is 0 Å². The maximum atomic E-state index is 12.3. The van der Waals surface area contributed by atoms with E-state index in [4.69, 9.17) is 10.4 Å². The molecule has 1 aromatic rings. The molecule has 0 fully saturated rings. The summed E-state index contributed by atoms with van der Waals surface area (Å²) in [6.45, 7) is 0. The van der Waals surface area contributed by atoms with Crippen molar-refractivity contribution in [1.82, 2.24) is 0 Å². The van der Waals surface area contributed by atoms with E-state index in [-0.39, 0.29) is 5.56 Å². The molecule has 0 saturated carbocycles. The molecule has 0 saturated heterocycles. The zero-order valence-electron chi connectivity index (χ0n) is 7.94. The number of alkyl halides is 3. The van der Waals surface area contributed by atoms with Crippen molar-refractivity contribution in [2.24, 2.45) is 0 Å². The third-order valence-electron chi connectivity index (χ3n) is 1.99. The second kappa shape index (κ2) is 4.51. The van der Waals surface area contributed by atoms with Crippen LogP contribution in [0, 0.1) is 11.3 Å². The molecule has 2 unspecified atom stereocenters. The minimum atomic E-state index is -4.52. The van der Waals surface area contributed by atoms with Crippen molar-refractivity contribution in [3.05, 3.63) is 35.4 Å². The molecule has 0 aliphatic carbocycles. The zero-order chi connectivity index (χ0) is 12.3. The van der Waals surface area contributed by atoms with Gasteiger partial charge in [0, 0.05) is 0 Å². The minimum Gasteiger partial charge on any atom is -0.385 e. The SMILES string of the molecule is N#CC(O)C(O)c1cccc(C(F)(F)F)c1. The fraction of sp³-hybridized carbons (Fsp3) is 0.300. The third-order valence-corrected chi connectivity index (χ3v) is 1.99. The summed E-state index contributed by atoms with van der Waals surface area (Å²) >= 11 is 0. The molecule has 6 heteroatoms. The second-order valence-corrected chi connectivity index (χ2v) is 3.14. The first-order valence-corrected chi connectivity index (χ1v) is 4.29. The van der Waals surface area contributed by atoms with Gasteiger partial charge in [0.15, 0.2) is 6.10 Å². The molecule has 2 N–H and O–H groups in total. The maximum absolute atomic E-state index is 12.3. The van der Waals surface area contributed by atoms with Crippen molar-refractivity contribution in [1.29, 1.82) is 5.26 Å². The van der Waals surface area contributed by atoms with Crippen molar-refractivity contribution in [2.45, 2.75) is 18.4 Å². The van der Waals surface area contributed by atoms with Crippen LogP contribution >= 0.6 is 0 Å². The molecule has 1 aromatic carbocycles. The van der Waals surface area contributed by atoms with E-state index >= 15 is 0 Å². The van der Waals surface area contributed by atoms with Crippen LogP contribution in [-0.4, -0.2) is 16.3 Å². The van der Waals surface area contributed by atoms with Gasteiger partial charge in [0.2, 0.25) is 0 Å². The summed E-state index contributed by atoms with van der Waals surface area (Å²) in [5.41, 5.74) is -1.09. The summed E-state index contributed by atoms with van der Waals surface area (Å²) in [6, 6.07) is 5.20. The lowest BCUT2D eigenvalue weighted by Crippen LogP contribution is -2.16. The fourth-order valence-corrected chi connectivity index (χ4v) is 1.15. The second-order valence-electron chi connectivity index (χ2n) is 3.14. The van der Waals surface area contributed by atoms with Gasteiger partial charge in [-0.15, -0.1) is 0 Å². The van der Waals surface area contributed by atoms with Gasteiger partial charge in [-0.05, 0) is 17.7 Å². The molecule has 3 nitrogen and oxygen atoms in total. The van der Waals surface area contributed by atoms with Crippen molar-refractivity contribution >= 4 is 0 Å². The molecule has 1 rings (SSSR count). The summed E-state index contributed by atoms with van der Waals surface area (Å²) in [6.07, 6.45) is -7.91. The molecule has 0 amide bonds. The van der Waals surface area contributed by atoms with E-state index in [9.17, 15) is 18.3 Å². The summed E-state index contributed by atoms with van der Waals surface area (Å²) in [5.74, 6) is 0. The Morgan fingerprint density at radius 3 is 2.38 bits per heavy atom. The van der Waals surface area contributed by atoms with Gasteiger partial charge in [0.1, 0.15) is 6.10 Å². The lowest BCUT2D eigenvalue weighted by atomic mass is 10.0. The van der Waals surface area contributed by atoms with Gasteiger partial charge in [0.05, 0.1) is 11.6 Å². The molecule has 0 aliphatic rings. The highest BCUT2D eigenvalue weighted by molar-refractivity contribution is 5.28. The van der Waals surface area contributed by atoms with Gasteiger partial charge in [-0.25, -0.2) is 0 Å². The smallest absolute Gasteiger partial charge is 0.385 e. The van der Waals surface area contributed by atoms with Crippen molar-refractivity contribution < 1.29 is 23.4 Å². The number of aliphatic hydroxyl groups is 2. The summed E-state index contributed by atoms with van der Waals surface area (Å²) < 4.78 is 36.9. The standard InChI is InChI=1S/C10H8F3NO2/c11-10(12,13)7-3-1-2-6(4-7)9(16)8(15)5-14/h1-4,8-9,15-16H. The Labute approximate surface area is 89.4 Å². The summed E-state index contributed by atoms with van der Waals surface area (Å²) in [7, 11) is 0. The quantitative estimate of drug-likeness (QED) is 0.760. The fourth-order valence-electron chi connectivity index (χ4n) is 1.15. The molecule has 0 radical (unpaired) electrons. The molecular weight excluding hydrogens is 223 g/mol. The first-order valence-electron chi connectivity index (χ1n) is 4.29. The Hall–Kier alpha value is -1.58. The third kappa shape index (κ3) is 2.72. The van der Waals surface area contributed by atoms with Gasteiger partial charge in [-0.1, -0.05) is 12.1 Å². The number of nitrogens with zero attached hydrogens (tertiary/aromatic N) is 1.